The third-order valence-electron chi connectivity index (χ3n) is 3.56. The highest BCUT2D eigenvalue weighted by Crippen LogP contribution is 2.26. The Morgan fingerprint density at radius 3 is 2.62 bits per heavy atom. The number of nitrogens with zero attached hydrogens (tertiary/aromatic N) is 1. The number of aromatic amines is 1. The molecule has 5 nitrogen and oxygen atoms in total. The number of carbonyl (C=O) groups is 2. The maximum Gasteiger partial charge on any atom is 0.251 e. The maximum atomic E-state index is 14.4. The molecule has 0 aliphatic heterocycles. The van der Waals surface area contributed by atoms with Crippen molar-refractivity contribution < 1.29 is 18.4 Å². The van der Waals surface area contributed by atoms with Gasteiger partial charge in [-0.15, -0.1) is 6.42 Å². The summed E-state index contributed by atoms with van der Waals surface area (Å²) < 4.78 is 28.4. The van der Waals surface area contributed by atoms with Crippen LogP contribution in [0.25, 0.3) is 11.0 Å². The van der Waals surface area contributed by atoms with Crippen LogP contribution in [0.3, 0.4) is 0 Å². The minimum absolute atomic E-state index is 0.0505. The van der Waals surface area contributed by atoms with E-state index in [1.807, 2.05) is 0 Å². The van der Waals surface area contributed by atoms with Gasteiger partial charge in [-0.05, 0) is 18.2 Å². The zero-order chi connectivity index (χ0) is 17.4. The number of hydrogen-bond donors (Lipinski definition) is 2. The van der Waals surface area contributed by atoms with E-state index in [1.54, 1.807) is 0 Å². The number of primary amides is 1. The van der Waals surface area contributed by atoms with Gasteiger partial charge in [-0.3, -0.25) is 9.59 Å². The second-order valence-electron chi connectivity index (χ2n) is 4.91. The summed E-state index contributed by atoms with van der Waals surface area (Å²) in [7, 11) is 0. The minimum atomic E-state index is -1.31. The summed E-state index contributed by atoms with van der Waals surface area (Å²) in [6.07, 6.45) is 8.10. The molecule has 0 unspecified atom stereocenters. The lowest BCUT2D eigenvalue weighted by Gasteiger charge is -2.07. The number of nitrogens with one attached hydrogen (secondary N) is 1. The second-order valence-corrected chi connectivity index (χ2v) is 4.91. The van der Waals surface area contributed by atoms with Crippen LogP contribution in [0.15, 0.2) is 30.6 Å². The number of halogens is 2. The van der Waals surface area contributed by atoms with Crippen molar-refractivity contribution in [2.75, 3.05) is 0 Å². The molecule has 2 heterocycles. The van der Waals surface area contributed by atoms with E-state index < -0.39 is 34.5 Å². The largest absolute Gasteiger partial charge is 0.366 e. The van der Waals surface area contributed by atoms with Crippen molar-refractivity contribution in [3.8, 4) is 12.3 Å². The number of fused-ring (bicyclic) bond motifs is 1. The van der Waals surface area contributed by atoms with Crippen molar-refractivity contribution in [3.05, 3.63) is 64.5 Å². The van der Waals surface area contributed by atoms with Crippen molar-refractivity contribution in [2.45, 2.75) is 0 Å². The first-order valence-corrected chi connectivity index (χ1v) is 6.71. The first kappa shape index (κ1) is 15.4. The third kappa shape index (κ3) is 2.21. The molecule has 0 aliphatic carbocycles. The van der Waals surface area contributed by atoms with Gasteiger partial charge in [0.15, 0.2) is 0 Å². The molecular weight excluding hydrogens is 316 g/mol. The summed E-state index contributed by atoms with van der Waals surface area (Å²) in [5, 5.41) is 0.272. The maximum absolute atomic E-state index is 14.4. The number of pyridine rings is 1. The smallest absolute Gasteiger partial charge is 0.251 e. The van der Waals surface area contributed by atoms with Crippen LogP contribution < -0.4 is 5.73 Å². The zero-order valence-electron chi connectivity index (χ0n) is 12.1. The summed E-state index contributed by atoms with van der Waals surface area (Å²) in [6, 6.07) is 3.19. The molecule has 3 N–H and O–H groups in total. The summed E-state index contributed by atoms with van der Waals surface area (Å²) in [4.78, 5) is 30.6. The number of benzene rings is 1. The van der Waals surface area contributed by atoms with Gasteiger partial charge in [-0.2, -0.15) is 0 Å². The monoisotopic (exact) mass is 325 g/mol. The van der Waals surface area contributed by atoms with Crippen molar-refractivity contribution in [1.29, 1.82) is 0 Å². The van der Waals surface area contributed by atoms with Crippen LogP contribution in [-0.4, -0.2) is 21.7 Å². The Kier molecular flexibility index (Phi) is 3.58. The number of rotatable bonds is 3. The van der Waals surface area contributed by atoms with Gasteiger partial charge in [0.05, 0.1) is 16.7 Å². The minimum Gasteiger partial charge on any atom is -0.366 e. The number of carbonyl (C=O) groups excluding carboxylic acids is 2. The first-order chi connectivity index (χ1) is 11.5. The van der Waals surface area contributed by atoms with Gasteiger partial charge < -0.3 is 10.7 Å². The van der Waals surface area contributed by atoms with E-state index in [-0.39, 0.29) is 10.9 Å². The summed E-state index contributed by atoms with van der Waals surface area (Å²) in [5.74, 6) is -2.11. The molecule has 0 fully saturated rings. The fourth-order valence-corrected chi connectivity index (χ4v) is 2.44. The Labute approximate surface area is 134 Å². The molecule has 1 aromatic carbocycles. The Hall–Kier alpha value is -3.53. The number of H-pyrrole nitrogens is 1. The van der Waals surface area contributed by atoms with E-state index in [4.69, 9.17) is 12.2 Å². The average molecular weight is 325 g/mol. The number of aromatic nitrogens is 2. The Bertz CT molecular complexity index is 1050. The standard InChI is InChI=1S/C17H9F2N3O2/c1-2-8-5-6-21-17-12(8)10(7-22-17)15(23)13-11(18)4-3-9(14(13)19)16(20)24/h1,3-7H,(H2,20,24)(H,21,22). The predicted molar refractivity (Wildman–Crippen MR) is 82.3 cm³/mol. The fourth-order valence-electron chi connectivity index (χ4n) is 2.44. The highest BCUT2D eigenvalue weighted by molar-refractivity contribution is 6.17. The van der Waals surface area contributed by atoms with E-state index >= 15 is 0 Å². The molecule has 3 rings (SSSR count). The molecule has 118 valence electrons. The van der Waals surface area contributed by atoms with E-state index in [9.17, 15) is 18.4 Å². The van der Waals surface area contributed by atoms with Gasteiger partial charge in [0.25, 0.3) is 5.91 Å². The number of nitrogens with two attached hydrogens (primary N) is 1. The van der Waals surface area contributed by atoms with E-state index in [2.05, 4.69) is 15.9 Å². The Morgan fingerprint density at radius 2 is 1.96 bits per heavy atom. The number of amides is 1. The van der Waals surface area contributed by atoms with Crippen molar-refractivity contribution in [2.24, 2.45) is 5.73 Å². The summed E-state index contributed by atoms with van der Waals surface area (Å²) in [5.41, 5.74) is 4.18. The van der Waals surface area contributed by atoms with Crippen LogP contribution in [0, 0.1) is 24.0 Å². The average Bonchev–Trinajstić information content (AvgIpc) is 2.98. The topological polar surface area (TPSA) is 88.8 Å². The van der Waals surface area contributed by atoms with Crippen LogP contribution in [0.5, 0.6) is 0 Å². The fraction of sp³-hybridized carbons (Fsp3) is 0. The normalized spacial score (nSPS) is 10.5. The quantitative estimate of drug-likeness (QED) is 0.571. The summed E-state index contributed by atoms with van der Waals surface area (Å²) in [6.45, 7) is 0. The lowest BCUT2D eigenvalue weighted by atomic mass is 9.98. The highest BCUT2D eigenvalue weighted by atomic mass is 19.1. The van der Waals surface area contributed by atoms with E-state index in [0.29, 0.717) is 11.2 Å². The van der Waals surface area contributed by atoms with Gasteiger partial charge in [-0.1, -0.05) is 5.92 Å². The first-order valence-electron chi connectivity index (χ1n) is 6.71. The molecular formula is C17H9F2N3O2. The van der Waals surface area contributed by atoms with Crippen LogP contribution >= 0.6 is 0 Å². The van der Waals surface area contributed by atoms with Gasteiger partial charge in [-0.25, -0.2) is 13.8 Å². The van der Waals surface area contributed by atoms with E-state index in [0.717, 1.165) is 12.1 Å². The van der Waals surface area contributed by atoms with Crippen LogP contribution in [0.2, 0.25) is 0 Å². The summed E-state index contributed by atoms with van der Waals surface area (Å²) >= 11 is 0. The molecule has 3 aromatic rings. The van der Waals surface area contributed by atoms with Crippen LogP contribution in [0.4, 0.5) is 8.78 Å². The second kappa shape index (κ2) is 5.59. The van der Waals surface area contributed by atoms with Crippen LogP contribution in [0.1, 0.15) is 31.8 Å². The van der Waals surface area contributed by atoms with Gasteiger partial charge in [0.2, 0.25) is 5.78 Å². The van der Waals surface area contributed by atoms with Crippen molar-refractivity contribution in [1.82, 2.24) is 9.97 Å². The number of terminal acetylenes is 1. The lowest BCUT2D eigenvalue weighted by Crippen LogP contribution is -2.17. The Morgan fingerprint density at radius 1 is 1.21 bits per heavy atom. The van der Waals surface area contributed by atoms with E-state index in [1.165, 1.54) is 18.5 Å². The van der Waals surface area contributed by atoms with Crippen LogP contribution in [-0.2, 0) is 0 Å². The molecule has 0 saturated heterocycles. The van der Waals surface area contributed by atoms with Crippen molar-refractivity contribution in [3.63, 3.8) is 0 Å². The third-order valence-corrected chi connectivity index (χ3v) is 3.56. The van der Waals surface area contributed by atoms with Gasteiger partial charge >= 0.3 is 0 Å². The molecule has 0 saturated carbocycles. The molecule has 0 aliphatic rings. The van der Waals surface area contributed by atoms with Gasteiger partial charge in [0, 0.05) is 23.3 Å². The molecule has 24 heavy (non-hydrogen) atoms. The predicted octanol–water partition coefficient (Wildman–Crippen LogP) is 2.15. The molecule has 0 spiro atoms. The van der Waals surface area contributed by atoms with Gasteiger partial charge in [0.1, 0.15) is 17.3 Å². The molecule has 1 amide bonds. The number of ketones is 1. The molecule has 0 radical (unpaired) electrons. The molecule has 2 aromatic heterocycles. The highest BCUT2D eigenvalue weighted by Gasteiger charge is 2.26. The number of hydrogen-bond acceptors (Lipinski definition) is 3. The molecule has 7 heteroatoms. The molecule has 0 bridgehead atoms. The Balaban J connectivity index is 2.27. The lowest BCUT2D eigenvalue weighted by molar-refractivity contribution is 0.0996. The van der Waals surface area contributed by atoms with Crippen molar-refractivity contribution >= 4 is 22.7 Å². The SMILES string of the molecule is C#Cc1ccnc2[nH]cc(C(=O)c3c(F)ccc(C(N)=O)c3F)c12. The zero-order valence-corrected chi connectivity index (χ0v) is 12.1. The molecule has 0 atom stereocenters.